The van der Waals surface area contributed by atoms with E-state index in [0.717, 1.165) is 18.7 Å². The highest BCUT2D eigenvalue weighted by molar-refractivity contribution is 5.84. The highest BCUT2D eigenvalue weighted by Gasteiger charge is 2.23. The first-order chi connectivity index (χ1) is 8.12. The second kappa shape index (κ2) is 11.4. The smallest absolute Gasteiger partial charge is 0.239 e. The van der Waals surface area contributed by atoms with Crippen LogP contribution in [0, 0.1) is 0 Å². The first-order valence-electron chi connectivity index (χ1n) is 6.44. The van der Waals surface area contributed by atoms with Crippen LogP contribution in [0.5, 0.6) is 0 Å². The van der Waals surface area contributed by atoms with Gasteiger partial charge < -0.3 is 5.73 Å². The number of allylic oxidation sites excluding steroid dienone is 2. The number of hydrogen-bond acceptors (Lipinski definition) is 2. The third-order valence-corrected chi connectivity index (χ3v) is 2.46. The Morgan fingerprint density at radius 3 is 1.94 bits per heavy atom. The molecule has 0 saturated heterocycles. The molecule has 0 aromatic carbocycles. The third-order valence-electron chi connectivity index (χ3n) is 2.46. The molecule has 0 aliphatic rings. The summed E-state index contributed by atoms with van der Waals surface area (Å²) in [5, 5.41) is 0. The highest BCUT2D eigenvalue weighted by atomic mass is 16.1. The lowest BCUT2D eigenvalue weighted by Crippen LogP contribution is -2.45. The van der Waals surface area contributed by atoms with Gasteiger partial charge in [0.15, 0.2) is 0 Å². The molecule has 1 unspecified atom stereocenters. The maximum Gasteiger partial charge on any atom is 0.239 e. The quantitative estimate of drug-likeness (QED) is 0.726. The maximum atomic E-state index is 11.4. The van der Waals surface area contributed by atoms with Crippen LogP contribution in [0.1, 0.15) is 41.5 Å². The molecule has 0 bridgehead atoms. The first kappa shape index (κ1) is 18.3. The summed E-state index contributed by atoms with van der Waals surface area (Å²) in [6.07, 6.45) is 5.80. The van der Waals surface area contributed by atoms with Crippen molar-refractivity contribution in [3.05, 3.63) is 23.8 Å². The lowest BCUT2D eigenvalue weighted by molar-refractivity contribution is -0.121. The van der Waals surface area contributed by atoms with Crippen LogP contribution in [0.2, 0.25) is 0 Å². The summed E-state index contributed by atoms with van der Waals surface area (Å²) in [6, 6.07) is -0.304. The number of primary amides is 1. The van der Waals surface area contributed by atoms with Gasteiger partial charge in [0.1, 0.15) is 6.04 Å². The minimum Gasteiger partial charge on any atom is -0.368 e. The highest BCUT2D eigenvalue weighted by Crippen LogP contribution is 2.12. The standard InChI is InChI=1S/C12H22N2O.C2H6/c1-5-9-10(6-2)11(12(13)15)14(7-3)8-4;1-2/h5-6,9,11H,7-8H2,1-4H3,(H2,13,15);1-2H3/b9-5-,10-6+;. The number of hydrogen-bond donors (Lipinski definition) is 1. The number of likely N-dealkylation sites (N-methyl/N-ethyl adjacent to an activating group) is 1. The Kier molecular flexibility index (Phi) is 12.3. The Bertz CT molecular complexity index is 253. The molecular formula is C14H28N2O. The Labute approximate surface area is 106 Å². The van der Waals surface area contributed by atoms with Gasteiger partial charge in [-0.3, -0.25) is 9.69 Å². The van der Waals surface area contributed by atoms with E-state index in [9.17, 15) is 4.79 Å². The van der Waals surface area contributed by atoms with Gasteiger partial charge in [0.25, 0.3) is 0 Å². The van der Waals surface area contributed by atoms with E-state index in [0.29, 0.717) is 0 Å². The molecule has 0 heterocycles. The lowest BCUT2D eigenvalue weighted by atomic mass is 10.0. The van der Waals surface area contributed by atoms with Crippen molar-refractivity contribution in [2.45, 2.75) is 47.6 Å². The second-order valence-corrected chi connectivity index (χ2v) is 3.31. The van der Waals surface area contributed by atoms with Crippen molar-refractivity contribution in [1.29, 1.82) is 0 Å². The molecule has 1 amide bonds. The van der Waals surface area contributed by atoms with E-state index in [4.69, 9.17) is 5.73 Å². The number of carbonyl (C=O) groups excluding carboxylic acids is 1. The summed E-state index contributed by atoms with van der Waals surface area (Å²) in [5.41, 5.74) is 6.41. The van der Waals surface area contributed by atoms with E-state index in [-0.39, 0.29) is 11.9 Å². The van der Waals surface area contributed by atoms with Crippen LogP contribution in [0.15, 0.2) is 23.8 Å². The minimum atomic E-state index is -0.304. The van der Waals surface area contributed by atoms with Crippen molar-refractivity contribution >= 4 is 5.91 Å². The zero-order chi connectivity index (χ0) is 13.8. The summed E-state index contributed by atoms with van der Waals surface area (Å²) < 4.78 is 0. The molecule has 0 aliphatic heterocycles. The Balaban J connectivity index is 0. The molecule has 0 aliphatic carbocycles. The van der Waals surface area contributed by atoms with Crippen LogP contribution in [-0.2, 0) is 4.79 Å². The second-order valence-electron chi connectivity index (χ2n) is 3.31. The average Bonchev–Trinajstić information content (AvgIpc) is 2.35. The topological polar surface area (TPSA) is 46.3 Å². The average molecular weight is 240 g/mol. The summed E-state index contributed by atoms with van der Waals surface area (Å²) >= 11 is 0. The summed E-state index contributed by atoms with van der Waals surface area (Å²) in [4.78, 5) is 13.5. The van der Waals surface area contributed by atoms with Crippen LogP contribution in [-0.4, -0.2) is 29.9 Å². The van der Waals surface area contributed by atoms with E-state index < -0.39 is 0 Å². The third kappa shape index (κ3) is 6.27. The van der Waals surface area contributed by atoms with Gasteiger partial charge in [-0.2, -0.15) is 0 Å². The molecule has 0 aromatic heterocycles. The van der Waals surface area contributed by atoms with Crippen molar-refractivity contribution in [2.24, 2.45) is 5.73 Å². The monoisotopic (exact) mass is 240 g/mol. The van der Waals surface area contributed by atoms with E-state index in [1.807, 2.05) is 59.8 Å². The molecular weight excluding hydrogens is 212 g/mol. The van der Waals surface area contributed by atoms with Gasteiger partial charge in [0, 0.05) is 0 Å². The molecule has 100 valence electrons. The maximum absolute atomic E-state index is 11.4. The lowest BCUT2D eigenvalue weighted by Gasteiger charge is -2.27. The molecule has 2 N–H and O–H groups in total. The molecule has 0 spiro atoms. The Hall–Kier alpha value is -1.09. The van der Waals surface area contributed by atoms with Gasteiger partial charge in [0.05, 0.1) is 0 Å². The summed E-state index contributed by atoms with van der Waals surface area (Å²) in [5.74, 6) is -0.287. The van der Waals surface area contributed by atoms with Gasteiger partial charge in [-0.1, -0.05) is 45.9 Å². The van der Waals surface area contributed by atoms with Crippen molar-refractivity contribution in [1.82, 2.24) is 4.90 Å². The van der Waals surface area contributed by atoms with Gasteiger partial charge in [-0.15, -0.1) is 0 Å². The van der Waals surface area contributed by atoms with Crippen molar-refractivity contribution < 1.29 is 4.79 Å². The molecule has 17 heavy (non-hydrogen) atoms. The van der Waals surface area contributed by atoms with E-state index >= 15 is 0 Å². The molecule has 0 radical (unpaired) electrons. The zero-order valence-corrected chi connectivity index (χ0v) is 12.2. The SMILES string of the molecule is C/C=C\C(=C/C)C(C(N)=O)N(CC)CC.CC. The number of nitrogens with two attached hydrogens (primary N) is 1. The Morgan fingerprint density at radius 2 is 1.71 bits per heavy atom. The van der Waals surface area contributed by atoms with Crippen molar-refractivity contribution in [3.8, 4) is 0 Å². The predicted molar refractivity (Wildman–Crippen MR) is 75.8 cm³/mol. The number of rotatable bonds is 6. The van der Waals surface area contributed by atoms with Crippen LogP contribution in [0.4, 0.5) is 0 Å². The Morgan fingerprint density at radius 1 is 1.24 bits per heavy atom. The molecule has 1 atom stereocenters. The molecule has 3 nitrogen and oxygen atoms in total. The van der Waals surface area contributed by atoms with Gasteiger partial charge in [-0.25, -0.2) is 0 Å². The largest absolute Gasteiger partial charge is 0.368 e. The van der Waals surface area contributed by atoms with Crippen LogP contribution in [0.3, 0.4) is 0 Å². The van der Waals surface area contributed by atoms with Gasteiger partial charge >= 0.3 is 0 Å². The van der Waals surface area contributed by atoms with E-state index in [1.165, 1.54) is 0 Å². The van der Waals surface area contributed by atoms with Crippen molar-refractivity contribution in [2.75, 3.05) is 13.1 Å². The number of amides is 1. The summed E-state index contributed by atoms with van der Waals surface area (Å²) in [7, 11) is 0. The molecule has 3 heteroatoms. The molecule has 0 fully saturated rings. The normalized spacial score (nSPS) is 13.5. The fourth-order valence-electron chi connectivity index (χ4n) is 1.68. The molecule has 0 rings (SSSR count). The number of nitrogens with zero attached hydrogens (tertiary/aromatic N) is 1. The first-order valence-corrected chi connectivity index (χ1v) is 6.44. The van der Waals surface area contributed by atoms with Crippen molar-refractivity contribution in [3.63, 3.8) is 0 Å². The van der Waals surface area contributed by atoms with E-state index in [2.05, 4.69) is 4.90 Å². The van der Waals surface area contributed by atoms with E-state index in [1.54, 1.807) is 0 Å². The van der Waals surface area contributed by atoms with Crippen LogP contribution >= 0.6 is 0 Å². The van der Waals surface area contributed by atoms with Gasteiger partial charge in [-0.05, 0) is 32.5 Å². The van der Waals surface area contributed by atoms with Crippen LogP contribution in [0.25, 0.3) is 0 Å². The molecule has 0 aromatic rings. The zero-order valence-electron chi connectivity index (χ0n) is 12.2. The summed E-state index contributed by atoms with van der Waals surface area (Å²) in [6.45, 7) is 13.6. The molecule has 0 saturated carbocycles. The minimum absolute atomic E-state index is 0.287. The van der Waals surface area contributed by atoms with Gasteiger partial charge in [0.2, 0.25) is 5.91 Å². The predicted octanol–water partition coefficient (Wildman–Crippen LogP) is 2.73. The fourth-order valence-corrected chi connectivity index (χ4v) is 1.68. The van der Waals surface area contributed by atoms with Crippen LogP contribution < -0.4 is 5.73 Å². The number of carbonyl (C=O) groups is 1. The fraction of sp³-hybridized carbons (Fsp3) is 0.643.